The minimum Gasteiger partial charge on any atom is -0.332 e. The third kappa shape index (κ3) is 4.89. The number of hydrogen-bond donors (Lipinski definition) is 2. The number of unbranched alkanes of at least 4 members (excludes halogenated alkanes) is 2. The van der Waals surface area contributed by atoms with Crippen LogP contribution in [0.4, 0.5) is 10.1 Å². The zero-order valence-electron chi connectivity index (χ0n) is 15.8. The Bertz CT molecular complexity index is 1000. The number of carbonyl (C=O) groups excluding carboxylic acids is 1. The van der Waals surface area contributed by atoms with Crippen LogP contribution in [0.3, 0.4) is 0 Å². The van der Waals surface area contributed by atoms with Gasteiger partial charge in [-0.25, -0.2) is 4.39 Å². The number of carbonyl (C=O) groups is 1. The van der Waals surface area contributed by atoms with E-state index in [1.807, 2.05) is 19.1 Å². The van der Waals surface area contributed by atoms with Gasteiger partial charge in [-0.3, -0.25) is 4.79 Å². The molecule has 2 N–H and O–H groups in total. The summed E-state index contributed by atoms with van der Waals surface area (Å²) in [6.45, 7) is 4.01. The van der Waals surface area contributed by atoms with Crippen LogP contribution in [-0.2, 0) is 4.79 Å². The van der Waals surface area contributed by atoms with Crippen molar-refractivity contribution in [1.82, 2.24) is 20.3 Å². The number of halogens is 1. The van der Waals surface area contributed by atoms with Gasteiger partial charge in [0.05, 0.1) is 5.69 Å². The first-order chi connectivity index (χ1) is 13.5. The van der Waals surface area contributed by atoms with Crippen molar-refractivity contribution < 1.29 is 9.18 Å². The van der Waals surface area contributed by atoms with Gasteiger partial charge in [-0.15, -0.1) is 10.2 Å². The maximum atomic E-state index is 13.1. The highest BCUT2D eigenvalue weighted by atomic mass is 32.1. The summed E-state index contributed by atoms with van der Waals surface area (Å²) in [4.78, 5) is 13.4. The molecule has 0 atom stereocenters. The number of nitrogens with zero attached hydrogens (tertiary/aromatic N) is 3. The summed E-state index contributed by atoms with van der Waals surface area (Å²) < 4.78 is 13.1. The van der Waals surface area contributed by atoms with Crippen LogP contribution in [0.1, 0.15) is 38.2 Å². The van der Waals surface area contributed by atoms with Gasteiger partial charge < -0.3 is 10.6 Å². The van der Waals surface area contributed by atoms with Crippen molar-refractivity contribution in [3.8, 4) is 5.69 Å². The van der Waals surface area contributed by atoms with E-state index in [4.69, 9.17) is 12.2 Å². The molecule has 6 nitrogen and oxygen atoms in total. The van der Waals surface area contributed by atoms with Gasteiger partial charge in [-0.05, 0) is 67.5 Å². The predicted octanol–water partition coefficient (Wildman–Crippen LogP) is 4.26. The monoisotopic (exact) mass is 399 g/mol. The lowest BCUT2D eigenvalue weighted by Gasteiger charge is -2.11. The lowest BCUT2D eigenvalue weighted by molar-refractivity contribution is -0.119. The summed E-state index contributed by atoms with van der Waals surface area (Å²) in [5, 5.41) is 14.9. The van der Waals surface area contributed by atoms with Crippen molar-refractivity contribution in [2.75, 3.05) is 5.32 Å². The molecular weight excluding hydrogens is 377 g/mol. The first-order valence-electron chi connectivity index (χ1n) is 9.20. The average molecular weight is 399 g/mol. The van der Waals surface area contributed by atoms with Crippen LogP contribution < -0.4 is 10.6 Å². The molecular formula is C20H22FN5OS. The third-order valence-corrected chi connectivity index (χ3v) is 4.50. The van der Waals surface area contributed by atoms with Crippen molar-refractivity contribution in [1.29, 1.82) is 0 Å². The Balaban J connectivity index is 1.73. The molecule has 0 fully saturated rings. The fraction of sp³-hybridized carbons (Fsp3) is 0.300. The zero-order chi connectivity index (χ0) is 20.1. The van der Waals surface area contributed by atoms with Crippen LogP contribution in [0.2, 0.25) is 0 Å². The normalized spacial score (nSPS) is 10.8. The van der Waals surface area contributed by atoms with E-state index in [-0.39, 0.29) is 16.8 Å². The standard InChI is InChI=1S/C20H22FN5OS/c1-3-4-5-6-19(27)23-20(28)22-16-12-18-17(11-13(16)2)24-26(25-18)15-9-7-14(21)8-10-15/h7-12H,3-6H2,1-2H3,(H2,22,23,27,28). The van der Waals surface area contributed by atoms with Crippen molar-refractivity contribution in [3.05, 3.63) is 47.8 Å². The zero-order valence-corrected chi connectivity index (χ0v) is 16.6. The molecule has 0 bridgehead atoms. The van der Waals surface area contributed by atoms with Crippen LogP contribution >= 0.6 is 12.2 Å². The molecule has 1 heterocycles. The Kier molecular flexibility index (Phi) is 6.30. The molecule has 1 aromatic heterocycles. The van der Waals surface area contributed by atoms with Crippen LogP contribution in [0, 0.1) is 12.7 Å². The third-order valence-electron chi connectivity index (χ3n) is 4.29. The Morgan fingerprint density at radius 1 is 1.14 bits per heavy atom. The van der Waals surface area contributed by atoms with Gasteiger partial charge >= 0.3 is 0 Å². The maximum absolute atomic E-state index is 13.1. The molecule has 0 radical (unpaired) electrons. The number of thiocarbonyl (C=S) groups is 1. The molecule has 0 saturated heterocycles. The molecule has 0 saturated carbocycles. The molecule has 28 heavy (non-hydrogen) atoms. The Morgan fingerprint density at radius 2 is 1.82 bits per heavy atom. The smallest absolute Gasteiger partial charge is 0.226 e. The summed E-state index contributed by atoms with van der Waals surface area (Å²) in [6, 6.07) is 9.67. The number of anilines is 1. The summed E-state index contributed by atoms with van der Waals surface area (Å²) in [7, 11) is 0. The second kappa shape index (κ2) is 8.88. The van der Waals surface area contributed by atoms with E-state index in [1.54, 1.807) is 12.1 Å². The number of aromatic nitrogens is 3. The van der Waals surface area contributed by atoms with E-state index >= 15 is 0 Å². The number of rotatable bonds is 6. The van der Waals surface area contributed by atoms with Crippen LogP contribution in [-0.4, -0.2) is 26.0 Å². The van der Waals surface area contributed by atoms with Crippen molar-refractivity contribution in [2.24, 2.45) is 0 Å². The fourth-order valence-corrected chi connectivity index (χ4v) is 2.99. The van der Waals surface area contributed by atoms with E-state index in [0.29, 0.717) is 23.1 Å². The second-order valence-corrected chi connectivity index (χ2v) is 6.99. The van der Waals surface area contributed by atoms with Crippen LogP contribution in [0.15, 0.2) is 36.4 Å². The number of amides is 1. The van der Waals surface area contributed by atoms with Crippen molar-refractivity contribution in [2.45, 2.75) is 39.5 Å². The van der Waals surface area contributed by atoms with E-state index in [2.05, 4.69) is 27.8 Å². The predicted molar refractivity (Wildman–Crippen MR) is 112 cm³/mol. The van der Waals surface area contributed by atoms with Crippen molar-refractivity contribution >= 4 is 40.0 Å². The Labute approximate surface area is 168 Å². The summed E-state index contributed by atoms with van der Waals surface area (Å²) in [5.74, 6) is -0.403. The number of hydrogen-bond acceptors (Lipinski definition) is 4. The van der Waals surface area contributed by atoms with Gasteiger partial charge in [-0.1, -0.05) is 19.8 Å². The van der Waals surface area contributed by atoms with Gasteiger partial charge in [0.1, 0.15) is 16.9 Å². The molecule has 146 valence electrons. The summed E-state index contributed by atoms with van der Waals surface area (Å²) in [6.07, 6.45) is 3.39. The van der Waals surface area contributed by atoms with E-state index < -0.39 is 0 Å². The van der Waals surface area contributed by atoms with Gasteiger partial charge in [0, 0.05) is 12.1 Å². The first-order valence-corrected chi connectivity index (χ1v) is 9.61. The van der Waals surface area contributed by atoms with Gasteiger partial charge in [0.25, 0.3) is 0 Å². The summed E-state index contributed by atoms with van der Waals surface area (Å²) in [5.41, 5.74) is 3.70. The number of aryl methyl sites for hydroxylation is 1. The highest BCUT2D eigenvalue weighted by Gasteiger charge is 2.11. The SMILES string of the molecule is CCCCCC(=O)NC(=S)Nc1cc2nn(-c3ccc(F)cc3)nc2cc1C. The highest BCUT2D eigenvalue weighted by molar-refractivity contribution is 7.80. The van der Waals surface area contributed by atoms with Crippen LogP contribution in [0.25, 0.3) is 16.7 Å². The molecule has 0 aliphatic rings. The molecule has 1 amide bonds. The second-order valence-electron chi connectivity index (χ2n) is 6.58. The van der Waals surface area contributed by atoms with Crippen molar-refractivity contribution in [3.63, 3.8) is 0 Å². The minimum atomic E-state index is -0.312. The average Bonchev–Trinajstić information content (AvgIpc) is 3.05. The molecule has 0 unspecified atom stereocenters. The molecule has 0 spiro atoms. The van der Waals surface area contributed by atoms with Crippen LogP contribution in [0.5, 0.6) is 0 Å². The van der Waals surface area contributed by atoms with Gasteiger partial charge in [0.15, 0.2) is 5.11 Å². The lowest BCUT2D eigenvalue weighted by Crippen LogP contribution is -2.34. The largest absolute Gasteiger partial charge is 0.332 e. The molecule has 0 aliphatic carbocycles. The fourth-order valence-electron chi connectivity index (χ4n) is 2.77. The van der Waals surface area contributed by atoms with E-state index in [9.17, 15) is 9.18 Å². The Morgan fingerprint density at radius 3 is 2.50 bits per heavy atom. The molecule has 8 heteroatoms. The van der Waals surface area contributed by atoms with Gasteiger partial charge in [0.2, 0.25) is 5.91 Å². The van der Waals surface area contributed by atoms with E-state index in [1.165, 1.54) is 16.9 Å². The topological polar surface area (TPSA) is 71.8 Å². The molecule has 2 aromatic carbocycles. The van der Waals surface area contributed by atoms with E-state index in [0.717, 1.165) is 30.5 Å². The van der Waals surface area contributed by atoms with Gasteiger partial charge in [-0.2, -0.15) is 4.80 Å². The molecule has 0 aliphatic heterocycles. The quantitative estimate of drug-likeness (QED) is 0.479. The Hall–Kier alpha value is -2.87. The lowest BCUT2D eigenvalue weighted by atomic mass is 10.2. The summed E-state index contributed by atoms with van der Waals surface area (Å²) >= 11 is 5.25. The maximum Gasteiger partial charge on any atom is 0.226 e. The first kappa shape index (κ1) is 19.9. The molecule has 3 rings (SSSR count). The number of benzene rings is 2. The number of fused-ring (bicyclic) bond motifs is 1. The number of nitrogens with one attached hydrogen (secondary N) is 2. The highest BCUT2D eigenvalue weighted by Crippen LogP contribution is 2.22. The minimum absolute atomic E-state index is 0.0908. The molecule has 3 aromatic rings.